The van der Waals surface area contributed by atoms with Crippen LogP contribution in [0.2, 0.25) is 0 Å². The molecule has 0 aliphatic rings. The van der Waals surface area contributed by atoms with E-state index in [1.807, 2.05) is 29.1 Å². The van der Waals surface area contributed by atoms with Gasteiger partial charge in [0, 0.05) is 12.4 Å². The first-order chi connectivity index (χ1) is 6.79. The molecule has 1 heterocycles. The lowest BCUT2D eigenvalue weighted by atomic mass is 10.1. The molecule has 14 heavy (non-hydrogen) atoms. The second kappa shape index (κ2) is 5.43. The predicted molar refractivity (Wildman–Crippen MR) is 61.6 cm³/mol. The summed E-state index contributed by atoms with van der Waals surface area (Å²) in [5, 5.41) is 7.94. The molecule has 1 N–H and O–H groups in total. The summed E-state index contributed by atoms with van der Waals surface area (Å²) in [4.78, 5) is 0. The highest BCUT2D eigenvalue weighted by Crippen LogP contribution is 2.11. The van der Waals surface area contributed by atoms with E-state index in [0.717, 1.165) is 30.7 Å². The number of nitrogens with zero attached hydrogens (tertiary/aromatic N) is 1. The Labute approximate surface area is 85.8 Å². The van der Waals surface area contributed by atoms with Crippen LogP contribution in [0.4, 0.5) is 0 Å². The number of allylic oxidation sites excluding steroid dienone is 2. The van der Waals surface area contributed by atoms with Crippen molar-refractivity contribution >= 4 is 11.4 Å². The Kier molecular flexibility index (Phi) is 4.17. The van der Waals surface area contributed by atoms with E-state index in [2.05, 4.69) is 19.9 Å². The molecule has 2 heteroatoms. The molecule has 0 aliphatic heterocycles. The minimum absolute atomic E-state index is 0.727. The summed E-state index contributed by atoms with van der Waals surface area (Å²) in [6.45, 7) is 4.20. The van der Waals surface area contributed by atoms with Crippen molar-refractivity contribution in [2.75, 3.05) is 0 Å². The van der Waals surface area contributed by atoms with E-state index in [-0.39, 0.29) is 0 Å². The molecule has 0 saturated heterocycles. The molecule has 1 aromatic heterocycles. The zero-order valence-electron chi connectivity index (χ0n) is 8.96. The highest BCUT2D eigenvalue weighted by Gasteiger charge is 2.04. The zero-order chi connectivity index (χ0) is 10.4. The normalized spacial score (nSPS) is 11.7. The molecular weight excluding hydrogens is 172 g/mol. The van der Waals surface area contributed by atoms with Gasteiger partial charge in [-0.1, -0.05) is 26.3 Å². The predicted octanol–water partition coefficient (Wildman–Crippen LogP) is 3.56. The van der Waals surface area contributed by atoms with Crippen LogP contribution in [0.3, 0.4) is 0 Å². The summed E-state index contributed by atoms with van der Waals surface area (Å²) in [6.07, 6.45) is 8.94. The van der Waals surface area contributed by atoms with Gasteiger partial charge in [0.15, 0.2) is 0 Å². The molecule has 76 valence electrons. The van der Waals surface area contributed by atoms with E-state index in [4.69, 9.17) is 5.41 Å². The van der Waals surface area contributed by atoms with Crippen molar-refractivity contribution in [2.24, 2.45) is 0 Å². The van der Waals surface area contributed by atoms with Gasteiger partial charge < -0.3 is 9.98 Å². The van der Waals surface area contributed by atoms with Crippen LogP contribution >= 0.6 is 0 Å². The van der Waals surface area contributed by atoms with Crippen molar-refractivity contribution < 1.29 is 0 Å². The Morgan fingerprint density at radius 3 is 2.43 bits per heavy atom. The van der Waals surface area contributed by atoms with Crippen molar-refractivity contribution in [1.29, 1.82) is 5.41 Å². The SMILES string of the molecule is CC/C=C(\C(=N)CCC)n1cccc1. The van der Waals surface area contributed by atoms with E-state index in [9.17, 15) is 0 Å². The fourth-order valence-electron chi connectivity index (χ4n) is 1.45. The van der Waals surface area contributed by atoms with E-state index in [0.29, 0.717) is 0 Å². The summed E-state index contributed by atoms with van der Waals surface area (Å²) in [6, 6.07) is 3.98. The second-order valence-corrected chi connectivity index (χ2v) is 3.32. The first kappa shape index (κ1) is 10.8. The van der Waals surface area contributed by atoms with Crippen LogP contribution in [0, 0.1) is 5.41 Å². The molecule has 0 atom stereocenters. The largest absolute Gasteiger partial charge is 0.322 e. The standard InChI is InChI=1S/C12H18N2/c1-3-7-11(13)12(8-4-2)14-9-5-6-10-14/h5-6,8-10,13H,3-4,7H2,1-2H3/b12-8+,13-11?. The van der Waals surface area contributed by atoms with Crippen molar-refractivity contribution in [3.05, 3.63) is 30.6 Å². The Bertz CT molecular complexity index is 307. The van der Waals surface area contributed by atoms with Crippen LogP contribution < -0.4 is 0 Å². The number of aromatic nitrogens is 1. The van der Waals surface area contributed by atoms with E-state index >= 15 is 0 Å². The van der Waals surface area contributed by atoms with Crippen LogP contribution in [-0.2, 0) is 0 Å². The summed E-state index contributed by atoms with van der Waals surface area (Å²) < 4.78 is 2.02. The smallest absolute Gasteiger partial charge is 0.0617 e. The van der Waals surface area contributed by atoms with Gasteiger partial charge in [0.1, 0.15) is 0 Å². The van der Waals surface area contributed by atoms with Crippen LogP contribution in [0.15, 0.2) is 30.6 Å². The monoisotopic (exact) mass is 190 g/mol. The molecule has 0 radical (unpaired) electrons. The lowest BCUT2D eigenvalue weighted by Crippen LogP contribution is -2.06. The van der Waals surface area contributed by atoms with Gasteiger partial charge in [0.25, 0.3) is 0 Å². The molecule has 0 saturated carbocycles. The van der Waals surface area contributed by atoms with E-state index in [1.54, 1.807) is 0 Å². The fourth-order valence-corrected chi connectivity index (χ4v) is 1.45. The minimum atomic E-state index is 0.727. The van der Waals surface area contributed by atoms with Gasteiger partial charge in [-0.15, -0.1) is 0 Å². The van der Waals surface area contributed by atoms with Gasteiger partial charge in [0.2, 0.25) is 0 Å². The second-order valence-electron chi connectivity index (χ2n) is 3.32. The lowest BCUT2D eigenvalue weighted by molar-refractivity contribution is 0.977. The summed E-state index contributed by atoms with van der Waals surface area (Å²) in [7, 11) is 0. The molecule has 0 aliphatic carbocycles. The average Bonchev–Trinajstić information content (AvgIpc) is 2.67. The topological polar surface area (TPSA) is 28.8 Å². The molecule has 0 fully saturated rings. The summed E-state index contributed by atoms with van der Waals surface area (Å²) >= 11 is 0. The quantitative estimate of drug-likeness (QED) is 0.688. The van der Waals surface area contributed by atoms with Gasteiger partial charge >= 0.3 is 0 Å². The maximum Gasteiger partial charge on any atom is 0.0617 e. The molecule has 1 aromatic rings. The number of rotatable bonds is 5. The third-order valence-electron chi connectivity index (χ3n) is 2.09. The van der Waals surface area contributed by atoms with Crippen molar-refractivity contribution in [1.82, 2.24) is 4.57 Å². The third-order valence-corrected chi connectivity index (χ3v) is 2.09. The molecule has 0 unspecified atom stereocenters. The zero-order valence-corrected chi connectivity index (χ0v) is 8.96. The Morgan fingerprint density at radius 2 is 1.93 bits per heavy atom. The number of hydrogen-bond acceptors (Lipinski definition) is 1. The Hall–Kier alpha value is -1.31. The molecule has 2 nitrogen and oxygen atoms in total. The van der Waals surface area contributed by atoms with Gasteiger partial charge in [-0.25, -0.2) is 0 Å². The number of hydrogen-bond donors (Lipinski definition) is 1. The molecule has 0 bridgehead atoms. The molecular formula is C12H18N2. The maximum absolute atomic E-state index is 7.94. The fraction of sp³-hybridized carbons (Fsp3) is 0.417. The third kappa shape index (κ3) is 2.59. The van der Waals surface area contributed by atoms with Gasteiger partial charge in [0.05, 0.1) is 11.4 Å². The summed E-state index contributed by atoms with van der Waals surface area (Å²) in [5.41, 5.74) is 1.75. The molecule has 0 spiro atoms. The van der Waals surface area contributed by atoms with Crippen LogP contribution in [0.5, 0.6) is 0 Å². The van der Waals surface area contributed by atoms with Gasteiger partial charge in [-0.05, 0) is 25.0 Å². The van der Waals surface area contributed by atoms with E-state index < -0.39 is 0 Å². The highest BCUT2D eigenvalue weighted by atomic mass is 15.0. The molecule has 1 rings (SSSR count). The highest BCUT2D eigenvalue weighted by molar-refractivity contribution is 6.16. The minimum Gasteiger partial charge on any atom is -0.322 e. The summed E-state index contributed by atoms with van der Waals surface area (Å²) in [5.74, 6) is 0. The van der Waals surface area contributed by atoms with Crippen molar-refractivity contribution in [2.45, 2.75) is 33.1 Å². The Balaban J connectivity index is 2.86. The van der Waals surface area contributed by atoms with Crippen LogP contribution in [0.1, 0.15) is 33.1 Å². The first-order valence-electron chi connectivity index (χ1n) is 5.20. The lowest BCUT2D eigenvalue weighted by Gasteiger charge is -2.09. The maximum atomic E-state index is 7.94. The molecule has 0 amide bonds. The number of nitrogens with one attached hydrogen (secondary N) is 1. The van der Waals surface area contributed by atoms with Gasteiger partial charge in [-0.3, -0.25) is 0 Å². The van der Waals surface area contributed by atoms with Crippen molar-refractivity contribution in [3.63, 3.8) is 0 Å². The average molecular weight is 190 g/mol. The first-order valence-corrected chi connectivity index (χ1v) is 5.20. The van der Waals surface area contributed by atoms with Gasteiger partial charge in [-0.2, -0.15) is 0 Å². The Morgan fingerprint density at radius 1 is 1.29 bits per heavy atom. The van der Waals surface area contributed by atoms with Crippen molar-refractivity contribution in [3.8, 4) is 0 Å². The molecule has 0 aromatic carbocycles. The van der Waals surface area contributed by atoms with Crippen LogP contribution in [-0.4, -0.2) is 10.3 Å². The van der Waals surface area contributed by atoms with Crippen LogP contribution in [0.25, 0.3) is 5.70 Å². The van der Waals surface area contributed by atoms with E-state index in [1.165, 1.54) is 0 Å².